The molecule has 0 heterocycles. The minimum absolute atomic E-state index is 0.0238. The van der Waals surface area contributed by atoms with E-state index in [4.69, 9.17) is 0 Å². The van der Waals surface area contributed by atoms with Gasteiger partial charge in [0.15, 0.2) is 0 Å². The highest BCUT2D eigenvalue weighted by Crippen LogP contribution is 2.31. The highest BCUT2D eigenvalue weighted by molar-refractivity contribution is 5.85. The zero-order valence-corrected chi connectivity index (χ0v) is 10.0. The van der Waals surface area contributed by atoms with Crippen molar-refractivity contribution in [2.75, 3.05) is 0 Å². The lowest BCUT2D eigenvalue weighted by molar-refractivity contribution is -0.131. The van der Waals surface area contributed by atoms with Crippen LogP contribution in [0.3, 0.4) is 0 Å². The highest BCUT2D eigenvalue weighted by Gasteiger charge is 2.41. The van der Waals surface area contributed by atoms with Gasteiger partial charge in [0, 0.05) is 17.4 Å². The Morgan fingerprint density at radius 1 is 1.14 bits per heavy atom. The van der Waals surface area contributed by atoms with Gasteiger partial charge in [-0.3, -0.25) is 9.59 Å². The first-order valence-corrected chi connectivity index (χ1v) is 4.97. The average Bonchev–Trinajstić information content (AvgIpc) is 2.02. The molecule has 1 N–H and O–H groups in total. The largest absolute Gasteiger partial charge is 0.350 e. The van der Waals surface area contributed by atoms with E-state index < -0.39 is 11.0 Å². The summed E-state index contributed by atoms with van der Waals surface area (Å²) in [6, 6.07) is 0. The second kappa shape index (κ2) is 4.11. The number of carbonyl (C=O) groups is 2. The Hall–Kier alpha value is -0.860. The molecule has 0 radical (unpaired) electrons. The van der Waals surface area contributed by atoms with E-state index in [1.807, 2.05) is 27.7 Å². The summed E-state index contributed by atoms with van der Waals surface area (Å²) in [6.07, 6.45) is 0.442. The number of hydrogen-bond donors (Lipinski definition) is 1. The third-order valence-electron chi connectivity index (χ3n) is 3.22. The van der Waals surface area contributed by atoms with Crippen LogP contribution >= 0.6 is 0 Å². The molecule has 3 nitrogen and oxygen atoms in total. The fourth-order valence-corrected chi connectivity index (χ4v) is 1.03. The second-order valence-corrected chi connectivity index (χ2v) is 4.71. The van der Waals surface area contributed by atoms with Gasteiger partial charge in [0.25, 0.3) is 0 Å². The zero-order valence-electron chi connectivity index (χ0n) is 10.0. The van der Waals surface area contributed by atoms with E-state index in [2.05, 4.69) is 5.32 Å². The summed E-state index contributed by atoms with van der Waals surface area (Å²) < 4.78 is 0. The maximum absolute atomic E-state index is 11.4. The van der Waals surface area contributed by atoms with Crippen molar-refractivity contribution in [1.82, 2.24) is 5.32 Å². The molecule has 0 aromatic rings. The van der Waals surface area contributed by atoms with Gasteiger partial charge in [-0.15, -0.1) is 0 Å². The van der Waals surface area contributed by atoms with E-state index in [1.165, 1.54) is 0 Å². The van der Waals surface area contributed by atoms with Crippen LogP contribution in [0.15, 0.2) is 0 Å². The van der Waals surface area contributed by atoms with Crippen molar-refractivity contribution < 1.29 is 9.59 Å². The Bertz CT molecular complexity index is 242. The van der Waals surface area contributed by atoms with E-state index in [0.29, 0.717) is 6.42 Å². The molecular weight excluding hydrogens is 178 g/mol. The molecule has 0 rings (SSSR count). The van der Waals surface area contributed by atoms with Gasteiger partial charge in [0.1, 0.15) is 5.78 Å². The van der Waals surface area contributed by atoms with E-state index in [-0.39, 0.29) is 11.7 Å². The maximum atomic E-state index is 11.4. The summed E-state index contributed by atoms with van der Waals surface area (Å²) in [5.74, 6) is 0.0585. The molecular formula is C11H21NO2. The smallest absolute Gasteiger partial charge is 0.220 e. The number of amides is 1. The van der Waals surface area contributed by atoms with Crippen LogP contribution in [0.5, 0.6) is 0 Å². The number of carbonyl (C=O) groups excluding carboxylic acids is 2. The summed E-state index contributed by atoms with van der Waals surface area (Å²) in [4.78, 5) is 22.7. The van der Waals surface area contributed by atoms with Gasteiger partial charge in [-0.05, 0) is 20.8 Å². The molecule has 0 aliphatic carbocycles. The number of hydrogen-bond acceptors (Lipinski definition) is 2. The first-order chi connectivity index (χ1) is 6.15. The first kappa shape index (κ1) is 13.1. The van der Waals surface area contributed by atoms with Crippen molar-refractivity contribution in [3.8, 4) is 0 Å². The van der Waals surface area contributed by atoms with Crippen LogP contribution in [0, 0.1) is 5.41 Å². The summed E-state index contributed by atoms with van der Waals surface area (Å²) in [7, 11) is 0. The van der Waals surface area contributed by atoms with Crippen LogP contribution in [-0.4, -0.2) is 17.2 Å². The predicted octanol–water partition coefficient (Wildman–Crippen LogP) is 1.91. The first-order valence-electron chi connectivity index (χ1n) is 4.97. The monoisotopic (exact) mass is 199 g/mol. The molecule has 0 saturated heterocycles. The quantitative estimate of drug-likeness (QED) is 0.751. The summed E-state index contributed by atoms with van der Waals surface area (Å²) in [5.41, 5.74) is -1.05. The summed E-state index contributed by atoms with van der Waals surface area (Å²) >= 11 is 0. The molecule has 0 bridgehead atoms. The Balaban J connectivity index is 4.77. The van der Waals surface area contributed by atoms with Crippen molar-refractivity contribution in [1.29, 1.82) is 0 Å². The molecule has 0 spiro atoms. The van der Waals surface area contributed by atoms with E-state index in [0.717, 1.165) is 0 Å². The van der Waals surface area contributed by atoms with Gasteiger partial charge in [0.2, 0.25) is 5.91 Å². The molecule has 0 saturated carbocycles. The molecule has 82 valence electrons. The molecule has 14 heavy (non-hydrogen) atoms. The molecule has 1 amide bonds. The van der Waals surface area contributed by atoms with Crippen LogP contribution in [0.4, 0.5) is 0 Å². The van der Waals surface area contributed by atoms with Crippen molar-refractivity contribution in [3.05, 3.63) is 0 Å². The lowest BCUT2D eigenvalue weighted by Gasteiger charge is -2.40. The Morgan fingerprint density at radius 2 is 1.57 bits per heavy atom. The standard InChI is InChI=1S/C11H21NO2/c1-7-9(14)12-11(5,6)10(3,4)8(2)13/h7H2,1-6H3,(H,12,14). The normalized spacial score (nSPS) is 12.4. The molecule has 0 aromatic heterocycles. The average molecular weight is 199 g/mol. The summed E-state index contributed by atoms with van der Waals surface area (Å²) in [6.45, 7) is 10.8. The number of Topliss-reactive ketones (excluding diaryl/α,β-unsaturated/α-hetero) is 1. The zero-order chi connectivity index (χ0) is 11.6. The van der Waals surface area contributed by atoms with Gasteiger partial charge < -0.3 is 5.32 Å². The fourth-order valence-electron chi connectivity index (χ4n) is 1.03. The third-order valence-corrected chi connectivity index (χ3v) is 3.22. The lowest BCUT2D eigenvalue weighted by atomic mass is 9.72. The second-order valence-electron chi connectivity index (χ2n) is 4.71. The van der Waals surface area contributed by atoms with Crippen LogP contribution < -0.4 is 5.32 Å². The van der Waals surface area contributed by atoms with E-state index in [9.17, 15) is 9.59 Å². The molecule has 0 atom stereocenters. The number of nitrogens with one attached hydrogen (secondary N) is 1. The molecule has 0 aliphatic rings. The molecule has 0 fully saturated rings. The number of ketones is 1. The van der Waals surface area contributed by atoms with E-state index in [1.54, 1.807) is 13.8 Å². The topological polar surface area (TPSA) is 46.2 Å². The SMILES string of the molecule is CCC(=O)NC(C)(C)C(C)(C)C(C)=O. The molecule has 3 heteroatoms. The van der Waals surface area contributed by atoms with Crippen molar-refractivity contribution >= 4 is 11.7 Å². The fraction of sp³-hybridized carbons (Fsp3) is 0.818. The van der Waals surface area contributed by atoms with Crippen molar-refractivity contribution in [2.45, 2.75) is 53.5 Å². The van der Waals surface area contributed by atoms with Crippen molar-refractivity contribution in [3.63, 3.8) is 0 Å². The molecule has 0 aliphatic heterocycles. The van der Waals surface area contributed by atoms with Gasteiger partial charge in [-0.25, -0.2) is 0 Å². The third kappa shape index (κ3) is 2.56. The van der Waals surface area contributed by atoms with Gasteiger partial charge in [-0.1, -0.05) is 20.8 Å². The summed E-state index contributed by atoms with van der Waals surface area (Å²) in [5, 5.41) is 2.87. The lowest BCUT2D eigenvalue weighted by Crippen LogP contribution is -2.56. The highest BCUT2D eigenvalue weighted by atomic mass is 16.2. The Labute approximate surface area is 86.3 Å². The Kier molecular flexibility index (Phi) is 3.86. The van der Waals surface area contributed by atoms with Gasteiger partial charge >= 0.3 is 0 Å². The number of rotatable bonds is 4. The predicted molar refractivity (Wildman–Crippen MR) is 57.0 cm³/mol. The minimum Gasteiger partial charge on any atom is -0.350 e. The van der Waals surface area contributed by atoms with Crippen LogP contribution in [-0.2, 0) is 9.59 Å². The maximum Gasteiger partial charge on any atom is 0.220 e. The Morgan fingerprint density at radius 3 is 1.86 bits per heavy atom. The van der Waals surface area contributed by atoms with Gasteiger partial charge in [-0.2, -0.15) is 0 Å². The van der Waals surface area contributed by atoms with Crippen LogP contribution in [0.1, 0.15) is 48.0 Å². The molecule has 0 unspecified atom stereocenters. The van der Waals surface area contributed by atoms with E-state index >= 15 is 0 Å². The van der Waals surface area contributed by atoms with Crippen molar-refractivity contribution in [2.24, 2.45) is 5.41 Å². The minimum atomic E-state index is -0.544. The molecule has 0 aromatic carbocycles. The van der Waals surface area contributed by atoms with Crippen LogP contribution in [0.25, 0.3) is 0 Å². The van der Waals surface area contributed by atoms with Crippen LogP contribution in [0.2, 0.25) is 0 Å². The van der Waals surface area contributed by atoms with Gasteiger partial charge in [0.05, 0.1) is 0 Å².